The third-order valence-corrected chi connectivity index (χ3v) is 11.9. The lowest BCUT2D eigenvalue weighted by Gasteiger charge is -2.35. The van der Waals surface area contributed by atoms with Crippen LogP contribution in [0.5, 0.6) is 0 Å². The van der Waals surface area contributed by atoms with Gasteiger partial charge in [-0.15, -0.1) is 0 Å². The van der Waals surface area contributed by atoms with Gasteiger partial charge in [0.2, 0.25) is 0 Å². The molecule has 8 aromatic rings. The maximum absolute atomic E-state index is 2.54. The maximum atomic E-state index is 2.54. The first-order valence-corrected chi connectivity index (χ1v) is 19.9. The van der Waals surface area contributed by atoms with E-state index in [2.05, 4.69) is 204 Å². The Morgan fingerprint density at radius 1 is 0.411 bits per heavy atom. The molecule has 0 unspecified atom stereocenters. The van der Waals surface area contributed by atoms with E-state index in [4.69, 9.17) is 0 Å². The minimum Gasteiger partial charge on any atom is -0.309 e. The normalized spacial score (nSPS) is 14.2. The maximum Gasteiger partial charge on any atom is 0.0620 e. The molecule has 2 nitrogen and oxygen atoms in total. The minimum atomic E-state index is 0.916. The molecule has 3 aliphatic carbocycles. The van der Waals surface area contributed by atoms with Gasteiger partial charge in [-0.3, -0.25) is 0 Å². The van der Waals surface area contributed by atoms with Crippen molar-refractivity contribution in [3.63, 3.8) is 0 Å². The molecule has 0 aromatic heterocycles. The summed E-state index contributed by atoms with van der Waals surface area (Å²) in [4.78, 5) is 5.09. The van der Waals surface area contributed by atoms with Crippen LogP contribution in [0.1, 0.15) is 28.7 Å². The number of rotatable bonds is 6. The fourth-order valence-corrected chi connectivity index (χ4v) is 9.48. The van der Waals surface area contributed by atoms with Crippen molar-refractivity contribution in [2.75, 3.05) is 9.80 Å². The number of nitrogens with zero attached hydrogens (tertiary/aromatic N) is 2. The second kappa shape index (κ2) is 13.4. The van der Waals surface area contributed by atoms with E-state index >= 15 is 0 Å². The third-order valence-electron chi connectivity index (χ3n) is 11.9. The lowest BCUT2D eigenvalue weighted by atomic mass is 9.82. The molecule has 0 saturated carbocycles. The van der Waals surface area contributed by atoms with Gasteiger partial charge in [-0.05, 0) is 95.3 Å². The van der Waals surface area contributed by atoms with E-state index in [1.165, 1.54) is 88.5 Å². The molecule has 0 aliphatic heterocycles. The number of para-hydroxylation sites is 2. The monoisotopic (exact) mass is 716 g/mol. The minimum absolute atomic E-state index is 0.916. The van der Waals surface area contributed by atoms with Crippen LogP contribution in [-0.4, -0.2) is 0 Å². The smallest absolute Gasteiger partial charge is 0.0620 e. The highest BCUT2D eigenvalue weighted by molar-refractivity contribution is 6.24. The number of allylic oxidation sites excluding steroid dienone is 8. The van der Waals surface area contributed by atoms with Crippen molar-refractivity contribution in [1.29, 1.82) is 0 Å². The van der Waals surface area contributed by atoms with Crippen LogP contribution in [0.25, 0.3) is 37.9 Å². The Bertz CT molecular complexity index is 2910. The average Bonchev–Trinajstić information content (AvgIpc) is 3.27. The lowest BCUT2D eigenvalue weighted by Crippen LogP contribution is -2.17. The van der Waals surface area contributed by atoms with Crippen LogP contribution < -0.4 is 9.80 Å². The van der Waals surface area contributed by atoms with Crippen molar-refractivity contribution in [3.8, 4) is 0 Å². The standard InChI is InChI=1S/C54H40N2/c1-3-21-41(22-4-1)55(49-31-15-19-39-35-33-37-17-7-9-25-43(37)51(39)49)53-45-27-11-13-29-47(45)54(48-30-14-12-28-46(48)53)56(42-23-5-2-6-24-42)50-32-16-20-40-36-34-38-18-8-10-26-44(38)52(40)50/h1-9,11-16,18-24,26-35H,10,17,25,36H2. The fourth-order valence-electron chi connectivity index (χ4n) is 9.48. The van der Waals surface area contributed by atoms with Gasteiger partial charge in [-0.1, -0.05) is 158 Å². The van der Waals surface area contributed by atoms with Crippen LogP contribution in [0.4, 0.5) is 34.1 Å². The number of fused-ring (bicyclic) bond motifs is 8. The molecular formula is C54H40N2. The van der Waals surface area contributed by atoms with Gasteiger partial charge in [0.25, 0.3) is 0 Å². The summed E-state index contributed by atoms with van der Waals surface area (Å²) in [5.41, 5.74) is 15.3. The van der Waals surface area contributed by atoms with E-state index in [-0.39, 0.29) is 0 Å². The molecule has 266 valence electrons. The quantitative estimate of drug-likeness (QED) is 0.0960. The number of hydrogen-bond donors (Lipinski definition) is 0. The van der Waals surface area contributed by atoms with Crippen molar-refractivity contribution < 1.29 is 0 Å². The summed E-state index contributed by atoms with van der Waals surface area (Å²) in [7, 11) is 0. The average molecular weight is 717 g/mol. The van der Waals surface area contributed by atoms with Crippen LogP contribution in [0.2, 0.25) is 0 Å². The van der Waals surface area contributed by atoms with Crippen molar-refractivity contribution >= 4 is 72.0 Å². The van der Waals surface area contributed by atoms with Gasteiger partial charge >= 0.3 is 0 Å². The largest absolute Gasteiger partial charge is 0.309 e. The van der Waals surface area contributed by atoms with Gasteiger partial charge in [0.05, 0.1) is 22.7 Å². The molecule has 3 aliphatic rings. The predicted octanol–water partition coefficient (Wildman–Crippen LogP) is 14.6. The van der Waals surface area contributed by atoms with Gasteiger partial charge in [-0.25, -0.2) is 0 Å². The lowest BCUT2D eigenvalue weighted by molar-refractivity contribution is 1.11. The molecule has 0 saturated heterocycles. The molecule has 0 spiro atoms. The number of hydrogen-bond acceptors (Lipinski definition) is 2. The highest BCUT2D eigenvalue weighted by Crippen LogP contribution is 2.54. The zero-order valence-corrected chi connectivity index (χ0v) is 31.2. The summed E-state index contributed by atoms with van der Waals surface area (Å²) in [6.07, 6.45) is 17.8. The Hall–Kier alpha value is -6.90. The molecule has 11 rings (SSSR count). The summed E-state index contributed by atoms with van der Waals surface area (Å²) >= 11 is 0. The Balaban J connectivity index is 1.25. The molecule has 0 bridgehead atoms. The number of anilines is 6. The van der Waals surface area contributed by atoms with Crippen molar-refractivity contribution in [3.05, 3.63) is 222 Å². The zero-order valence-electron chi connectivity index (χ0n) is 31.2. The fraction of sp³-hybridized carbons (Fsp3) is 0.0741. The van der Waals surface area contributed by atoms with Gasteiger partial charge in [0.1, 0.15) is 0 Å². The Morgan fingerprint density at radius 2 is 1.00 bits per heavy atom. The Kier molecular flexibility index (Phi) is 7.81. The molecule has 0 fully saturated rings. The van der Waals surface area contributed by atoms with Crippen molar-refractivity contribution in [2.45, 2.75) is 25.7 Å². The van der Waals surface area contributed by atoms with Crippen molar-refractivity contribution in [1.82, 2.24) is 0 Å². The summed E-state index contributed by atoms with van der Waals surface area (Å²) < 4.78 is 0. The molecule has 0 N–H and O–H groups in total. The highest BCUT2D eigenvalue weighted by atomic mass is 15.2. The zero-order chi connectivity index (χ0) is 37.0. The van der Waals surface area contributed by atoms with E-state index in [9.17, 15) is 0 Å². The van der Waals surface area contributed by atoms with Gasteiger partial charge < -0.3 is 9.80 Å². The SMILES string of the molecule is C1=CC2=CCc3cccc(N(c4ccccc4)c4c5ccccc5c(N(c5ccccc5)c5cccc6ccc7c(c56)CC=CC7)c5ccccc45)c3C2=CC1. The van der Waals surface area contributed by atoms with E-state index in [0.29, 0.717) is 0 Å². The summed E-state index contributed by atoms with van der Waals surface area (Å²) in [5, 5.41) is 7.43. The molecule has 0 heterocycles. The Labute approximate surface area is 328 Å². The topological polar surface area (TPSA) is 6.48 Å². The molecule has 56 heavy (non-hydrogen) atoms. The van der Waals surface area contributed by atoms with Gasteiger partial charge in [-0.2, -0.15) is 0 Å². The van der Waals surface area contributed by atoms with Crippen LogP contribution in [0, 0.1) is 0 Å². The second-order valence-electron chi connectivity index (χ2n) is 15.0. The first-order valence-electron chi connectivity index (χ1n) is 19.9. The summed E-state index contributed by atoms with van der Waals surface area (Å²) in [6.45, 7) is 0. The molecule has 0 radical (unpaired) electrons. The second-order valence-corrected chi connectivity index (χ2v) is 15.0. The molecule has 2 heteroatoms. The first-order chi connectivity index (χ1) is 27.8. The molecule has 8 aromatic carbocycles. The van der Waals surface area contributed by atoms with E-state index in [1.807, 2.05) is 0 Å². The van der Waals surface area contributed by atoms with E-state index in [0.717, 1.165) is 37.1 Å². The molecule has 0 atom stereocenters. The van der Waals surface area contributed by atoms with Gasteiger partial charge in [0, 0.05) is 43.9 Å². The van der Waals surface area contributed by atoms with E-state index in [1.54, 1.807) is 0 Å². The predicted molar refractivity (Wildman–Crippen MR) is 238 cm³/mol. The number of benzene rings is 8. The molecular weight excluding hydrogens is 677 g/mol. The third kappa shape index (κ3) is 5.17. The van der Waals surface area contributed by atoms with Crippen LogP contribution >= 0.6 is 0 Å². The first kappa shape index (κ1) is 32.5. The van der Waals surface area contributed by atoms with E-state index < -0.39 is 0 Å². The Morgan fingerprint density at radius 3 is 1.68 bits per heavy atom. The highest BCUT2D eigenvalue weighted by Gasteiger charge is 2.30. The van der Waals surface area contributed by atoms with Crippen LogP contribution in [-0.2, 0) is 19.3 Å². The molecule has 0 amide bonds. The van der Waals surface area contributed by atoms with Crippen LogP contribution in [0.15, 0.2) is 200 Å². The van der Waals surface area contributed by atoms with Crippen LogP contribution in [0.3, 0.4) is 0 Å². The van der Waals surface area contributed by atoms with Gasteiger partial charge in [0.15, 0.2) is 0 Å². The summed E-state index contributed by atoms with van der Waals surface area (Å²) in [6, 6.07) is 58.4. The summed E-state index contributed by atoms with van der Waals surface area (Å²) in [5.74, 6) is 0. The van der Waals surface area contributed by atoms with Crippen molar-refractivity contribution in [2.24, 2.45) is 0 Å².